The number of alkyl halides is 3. The van der Waals surface area contributed by atoms with E-state index < -0.39 is 31.0 Å². The molecular formula is C24H32F4N10O. The first-order valence-corrected chi connectivity index (χ1v) is 12.7. The summed E-state index contributed by atoms with van der Waals surface area (Å²) in [5.41, 5.74) is 6.63. The summed E-state index contributed by atoms with van der Waals surface area (Å²) >= 11 is 0. The van der Waals surface area contributed by atoms with Crippen molar-refractivity contribution < 1.29 is 22.4 Å². The lowest BCUT2D eigenvalue weighted by molar-refractivity contribution is -0.131. The van der Waals surface area contributed by atoms with Crippen LogP contribution in [-0.2, 0) is 11.3 Å². The van der Waals surface area contributed by atoms with E-state index in [1.165, 1.54) is 24.0 Å². The fourth-order valence-corrected chi connectivity index (χ4v) is 4.15. The molecule has 212 valence electrons. The van der Waals surface area contributed by atoms with Gasteiger partial charge in [-0.3, -0.25) is 4.79 Å². The highest BCUT2D eigenvalue weighted by Gasteiger charge is 2.31. The second-order valence-corrected chi connectivity index (χ2v) is 8.19. The average molecular weight is 553 g/mol. The molecule has 0 aliphatic carbocycles. The van der Waals surface area contributed by atoms with Gasteiger partial charge in [-0.2, -0.15) is 4.98 Å². The van der Waals surface area contributed by atoms with Crippen molar-refractivity contribution in [3.05, 3.63) is 24.1 Å². The van der Waals surface area contributed by atoms with Crippen molar-refractivity contribution in [3.63, 3.8) is 0 Å². The molecular weight excluding hydrogens is 520 g/mol. The van der Waals surface area contributed by atoms with Gasteiger partial charge in [0.25, 0.3) is 6.43 Å². The highest BCUT2D eigenvalue weighted by molar-refractivity contribution is 5.88. The van der Waals surface area contributed by atoms with Gasteiger partial charge >= 0.3 is 0 Å². The van der Waals surface area contributed by atoms with Crippen LogP contribution in [0.4, 0.5) is 29.3 Å². The number of carbonyl (C=O) groups excluding carboxylic acids is 1. The number of anilines is 2. The molecule has 39 heavy (non-hydrogen) atoms. The van der Waals surface area contributed by atoms with Gasteiger partial charge in [-0.1, -0.05) is 32.9 Å². The molecule has 0 radical (unpaired) electrons. The summed E-state index contributed by atoms with van der Waals surface area (Å²) in [6.45, 7) is 8.98. The second kappa shape index (κ2) is 12.7. The van der Waals surface area contributed by atoms with Crippen molar-refractivity contribution in [1.82, 2.24) is 39.5 Å². The van der Waals surface area contributed by atoms with Crippen molar-refractivity contribution in [2.45, 2.75) is 66.2 Å². The summed E-state index contributed by atoms with van der Waals surface area (Å²) in [6.07, 6.45) is -2.63. The molecule has 5 rings (SSSR count). The summed E-state index contributed by atoms with van der Waals surface area (Å²) < 4.78 is 57.4. The van der Waals surface area contributed by atoms with Gasteiger partial charge in [0.2, 0.25) is 11.9 Å². The van der Waals surface area contributed by atoms with Crippen LogP contribution in [0.2, 0.25) is 0 Å². The van der Waals surface area contributed by atoms with Gasteiger partial charge in [-0.05, 0) is 18.6 Å². The average Bonchev–Trinajstić information content (AvgIpc) is 3.46. The van der Waals surface area contributed by atoms with E-state index in [-0.39, 0.29) is 52.2 Å². The number of carbonyl (C=O) groups is 1. The van der Waals surface area contributed by atoms with Gasteiger partial charge in [0, 0.05) is 13.5 Å². The van der Waals surface area contributed by atoms with Gasteiger partial charge in [-0.25, -0.2) is 31.7 Å². The lowest BCUT2D eigenvalue weighted by Gasteiger charge is -2.34. The standard InChI is InChI=1S/C20H20F4N10O.2C2H6/c1-9(35)32-5-4-12(10(21)6-32)27-20-28-18(25)17-16(11(22)7-33(17)30-20)13-2-3-14-19(26-13)34(31-29-14)8-15(23)24;2*1-2/h2-3,7,10,12,15H,4-6,8H2,1H3,(H3,25,27,28,30);2*1-2H3. The maximum absolute atomic E-state index is 15.0. The molecule has 0 saturated carbocycles. The molecule has 1 aliphatic heterocycles. The zero-order valence-corrected chi connectivity index (χ0v) is 22.4. The molecule has 2 atom stereocenters. The number of hydrogen-bond donors (Lipinski definition) is 2. The Hall–Kier alpha value is -4.04. The zero-order chi connectivity index (χ0) is 28.9. The third-order valence-corrected chi connectivity index (χ3v) is 5.84. The van der Waals surface area contributed by atoms with Crippen molar-refractivity contribution in [1.29, 1.82) is 0 Å². The van der Waals surface area contributed by atoms with E-state index >= 15 is 4.39 Å². The molecule has 3 N–H and O–H groups in total. The Labute approximate surface area is 222 Å². The van der Waals surface area contributed by atoms with E-state index in [2.05, 4.69) is 30.7 Å². The Kier molecular flexibility index (Phi) is 9.59. The highest BCUT2D eigenvalue weighted by Crippen LogP contribution is 2.32. The quantitative estimate of drug-likeness (QED) is 0.356. The van der Waals surface area contributed by atoms with Crippen LogP contribution in [0.1, 0.15) is 41.0 Å². The molecule has 0 bridgehead atoms. The van der Waals surface area contributed by atoms with E-state index in [1.807, 2.05) is 27.7 Å². The summed E-state index contributed by atoms with van der Waals surface area (Å²) in [4.78, 5) is 21.3. The first kappa shape index (κ1) is 29.5. The Morgan fingerprint density at radius 1 is 1.21 bits per heavy atom. The van der Waals surface area contributed by atoms with Gasteiger partial charge < -0.3 is 16.0 Å². The van der Waals surface area contributed by atoms with Crippen molar-refractivity contribution in [2.24, 2.45) is 0 Å². The predicted octanol–water partition coefficient (Wildman–Crippen LogP) is 3.95. The molecule has 0 aromatic carbocycles. The zero-order valence-electron chi connectivity index (χ0n) is 22.4. The van der Waals surface area contributed by atoms with E-state index in [1.54, 1.807) is 0 Å². The van der Waals surface area contributed by atoms with Crippen LogP contribution >= 0.6 is 0 Å². The first-order chi connectivity index (χ1) is 18.7. The van der Waals surface area contributed by atoms with Crippen LogP contribution < -0.4 is 11.1 Å². The lowest BCUT2D eigenvalue weighted by Crippen LogP contribution is -2.49. The lowest BCUT2D eigenvalue weighted by atomic mass is 10.0. The number of amides is 1. The Morgan fingerprint density at radius 3 is 2.56 bits per heavy atom. The Balaban J connectivity index is 0.00000100. The summed E-state index contributed by atoms with van der Waals surface area (Å²) in [6, 6.07) is 2.29. The molecule has 5 heterocycles. The van der Waals surface area contributed by atoms with Crippen molar-refractivity contribution in [2.75, 3.05) is 24.1 Å². The SMILES string of the molecule is CC.CC.CC(=O)N1CCC(Nc2nc(N)c3c(-c4ccc5nnn(CC(F)F)c5n4)c(F)cn3n2)C(F)C1. The molecule has 2 unspecified atom stereocenters. The van der Waals surface area contributed by atoms with Gasteiger partial charge in [0.1, 0.15) is 23.7 Å². The Bertz CT molecular complexity index is 1420. The summed E-state index contributed by atoms with van der Waals surface area (Å²) in [5.74, 6) is -1.04. The number of rotatable bonds is 5. The summed E-state index contributed by atoms with van der Waals surface area (Å²) in [5, 5.41) is 14.5. The largest absolute Gasteiger partial charge is 0.382 e. The third-order valence-electron chi connectivity index (χ3n) is 5.84. The van der Waals surface area contributed by atoms with Gasteiger partial charge in [0.05, 0.1) is 30.0 Å². The minimum atomic E-state index is -2.68. The van der Waals surface area contributed by atoms with E-state index in [9.17, 15) is 18.0 Å². The molecule has 1 aliphatic rings. The first-order valence-electron chi connectivity index (χ1n) is 12.7. The van der Waals surface area contributed by atoms with Crippen molar-refractivity contribution >= 4 is 34.4 Å². The predicted molar refractivity (Wildman–Crippen MR) is 140 cm³/mol. The monoisotopic (exact) mass is 552 g/mol. The summed E-state index contributed by atoms with van der Waals surface area (Å²) in [7, 11) is 0. The molecule has 11 nitrogen and oxygen atoms in total. The number of hydrogen-bond acceptors (Lipinski definition) is 8. The van der Waals surface area contributed by atoms with Gasteiger partial charge in [0.15, 0.2) is 17.3 Å². The maximum atomic E-state index is 15.0. The second-order valence-electron chi connectivity index (χ2n) is 8.19. The topological polar surface area (TPSA) is 132 Å². The normalized spacial score (nSPS) is 17.0. The number of halogens is 4. The highest BCUT2D eigenvalue weighted by atomic mass is 19.3. The van der Waals surface area contributed by atoms with Crippen LogP contribution in [0.5, 0.6) is 0 Å². The maximum Gasteiger partial charge on any atom is 0.258 e. The van der Waals surface area contributed by atoms with Crippen LogP contribution in [0.3, 0.4) is 0 Å². The minimum absolute atomic E-state index is 0.0110. The molecule has 1 saturated heterocycles. The van der Waals surface area contributed by atoms with E-state index in [0.717, 1.165) is 15.4 Å². The van der Waals surface area contributed by atoms with Crippen molar-refractivity contribution in [3.8, 4) is 11.3 Å². The molecule has 4 aromatic rings. The van der Waals surface area contributed by atoms with E-state index in [4.69, 9.17) is 5.73 Å². The molecule has 15 heteroatoms. The number of nitrogens with one attached hydrogen (secondary N) is 1. The number of likely N-dealkylation sites (tertiary alicyclic amines) is 1. The van der Waals surface area contributed by atoms with Crippen LogP contribution in [0.15, 0.2) is 18.3 Å². The number of pyridine rings is 1. The number of nitrogens with zero attached hydrogens (tertiary/aromatic N) is 8. The van der Waals surface area contributed by atoms with E-state index in [0.29, 0.717) is 13.0 Å². The molecule has 1 fully saturated rings. The number of nitrogen functional groups attached to an aromatic ring is 1. The third kappa shape index (κ3) is 6.17. The number of aromatic nitrogens is 7. The van der Waals surface area contributed by atoms with Crippen LogP contribution in [-0.4, -0.2) is 77.1 Å². The fraction of sp³-hybridized carbons (Fsp3) is 0.500. The number of piperidine rings is 1. The molecule has 1 amide bonds. The molecule has 4 aromatic heterocycles. The number of nitrogens with two attached hydrogens (primary N) is 1. The number of fused-ring (bicyclic) bond motifs is 2. The molecule has 0 spiro atoms. The minimum Gasteiger partial charge on any atom is -0.382 e. The fourth-order valence-electron chi connectivity index (χ4n) is 4.15. The Morgan fingerprint density at radius 2 is 1.92 bits per heavy atom. The smallest absolute Gasteiger partial charge is 0.258 e. The van der Waals surface area contributed by atoms with Crippen LogP contribution in [0.25, 0.3) is 27.9 Å². The van der Waals surface area contributed by atoms with Crippen LogP contribution in [0, 0.1) is 5.82 Å². The van der Waals surface area contributed by atoms with Gasteiger partial charge in [-0.15, -0.1) is 10.2 Å².